The molecule has 3 rings (SSSR count). The van der Waals surface area contributed by atoms with Crippen molar-refractivity contribution in [1.29, 1.82) is 0 Å². The van der Waals surface area contributed by atoms with Crippen molar-refractivity contribution in [1.82, 2.24) is 5.32 Å². The normalized spacial score (nSPS) is 15.2. The minimum Gasteiger partial charge on any atom is -0.497 e. The first kappa shape index (κ1) is 18.8. The molecule has 2 aromatic rings. The van der Waals surface area contributed by atoms with Crippen LogP contribution in [0.1, 0.15) is 18.5 Å². The number of rotatable bonds is 6. The molecule has 7 heteroatoms. The molecule has 0 saturated carbocycles. The Morgan fingerprint density at radius 1 is 1.00 bits per heavy atom. The van der Waals surface area contributed by atoms with Crippen molar-refractivity contribution in [2.75, 3.05) is 19.1 Å². The predicted molar refractivity (Wildman–Crippen MR) is 103 cm³/mol. The van der Waals surface area contributed by atoms with Crippen LogP contribution in [-0.2, 0) is 9.59 Å². The van der Waals surface area contributed by atoms with E-state index in [0.717, 1.165) is 10.5 Å². The van der Waals surface area contributed by atoms with Crippen LogP contribution in [0.15, 0.2) is 59.3 Å². The average Bonchev–Trinajstić information content (AvgIpc) is 2.91. The fourth-order valence-corrected chi connectivity index (χ4v) is 3.08. The third-order valence-corrected chi connectivity index (χ3v) is 4.67. The first-order chi connectivity index (χ1) is 13.0. The quantitative estimate of drug-likeness (QED) is 0.771. The lowest BCUT2D eigenvalue weighted by Gasteiger charge is -2.20. The number of methoxy groups -OCH3 is 2. The highest BCUT2D eigenvalue weighted by molar-refractivity contribution is 6.52. The summed E-state index contributed by atoms with van der Waals surface area (Å²) < 4.78 is 10.5. The molecule has 1 heterocycles. The van der Waals surface area contributed by atoms with E-state index in [-0.39, 0.29) is 16.8 Å². The maximum atomic E-state index is 12.9. The number of nitrogens with zero attached hydrogens (tertiary/aromatic N) is 1. The molecule has 0 radical (unpaired) electrons. The summed E-state index contributed by atoms with van der Waals surface area (Å²) in [4.78, 5) is 26.6. The molecule has 0 spiro atoms. The van der Waals surface area contributed by atoms with E-state index in [1.54, 1.807) is 18.2 Å². The lowest BCUT2D eigenvalue weighted by Crippen LogP contribution is -2.34. The van der Waals surface area contributed by atoms with Crippen molar-refractivity contribution in [3.8, 4) is 11.5 Å². The number of imide groups is 1. The molecule has 140 valence electrons. The molecular weight excluding hydrogens is 368 g/mol. The molecule has 2 aromatic carbocycles. The first-order valence-electron chi connectivity index (χ1n) is 8.30. The fraction of sp³-hybridized carbons (Fsp3) is 0.200. The van der Waals surface area contributed by atoms with E-state index < -0.39 is 11.8 Å². The molecule has 0 bridgehead atoms. The molecule has 1 aliphatic heterocycles. The van der Waals surface area contributed by atoms with Gasteiger partial charge in [0, 0.05) is 12.1 Å². The Bertz CT molecular complexity index is 911. The summed E-state index contributed by atoms with van der Waals surface area (Å²) in [5.74, 6) is -0.258. The fourth-order valence-electron chi connectivity index (χ4n) is 2.86. The second kappa shape index (κ2) is 7.72. The Kier molecular flexibility index (Phi) is 5.37. The zero-order valence-corrected chi connectivity index (χ0v) is 15.9. The smallest absolute Gasteiger partial charge is 0.283 e. The van der Waals surface area contributed by atoms with Crippen LogP contribution in [0.4, 0.5) is 5.69 Å². The van der Waals surface area contributed by atoms with Crippen LogP contribution in [0.25, 0.3) is 0 Å². The Morgan fingerprint density at radius 3 is 2.33 bits per heavy atom. The van der Waals surface area contributed by atoms with Gasteiger partial charge < -0.3 is 14.8 Å². The van der Waals surface area contributed by atoms with Crippen molar-refractivity contribution in [2.24, 2.45) is 0 Å². The van der Waals surface area contributed by atoms with Crippen LogP contribution >= 0.6 is 11.6 Å². The van der Waals surface area contributed by atoms with Crippen molar-refractivity contribution in [3.63, 3.8) is 0 Å². The van der Waals surface area contributed by atoms with Gasteiger partial charge in [-0.1, -0.05) is 41.9 Å². The van der Waals surface area contributed by atoms with Crippen LogP contribution in [0.2, 0.25) is 0 Å². The van der Waals surface area contributed by atoms with E-state index in [9.17, 15) is 9.59 Å². The third-order valence-electron chi connectivity index (χ3n) is 4.32. The predicted octanol–water partition coefficient (Wildman–Crippen LogP) is 3.38. The standard InChI is InChI=1S/C20H19ClN2O4/c1-12(13-7-5-4-6-8-13)22-18-17(21)19(24)23(20(18)25)15-10-9-14(26-2)11-16(15)27-3/h4-12,22H,1-3H3. The summed E-state index contributed by atoms with van der Waals surface area (Å²) in [7, 11) is 2.97. The van der Waals surface area contributed by atoms with E-state index in [0.29, 0.717) is 17.2 Å². The second-order valence-corrected chi connectivity index (χ2v) is 6.33. The average molecular weight is 387 g/mol. The number of hydrogen-bond acceptors (Lipinski definition) is 5. The van der Waals surface area contributed by atoms with Crippen LogP contribution < -0.4 is 19.7 Å². The lowest BCUT2D eigenvalue weighted by molar-refractivity contribution is -0.120. The number of carbonyl (C=O) groups excluding carboxylic acids is 2. The maximum Gasteiger partial charge on any atom is 0.283 e. The SMILES string of the molecule is COc1ccc(N2C(=O)C(Cl)=C(NC(C)c3ccccc3)C2=O)c(OC)c1. The van der Waals surface area contributed by atoms with Crippen LogP contribution in [0.3, 0.4) is 0 Å². The van der Waals surface area contributed by atoms with E-state index in [2.05, 4.69) is 5.32 Å². The van der Waals surface area contributed by atoms with Gasteiger partial charge in [0.15, 0.2) is 0 Å². The second-order valence-electron chi connectivity index (χ2n) is 5.95. The molecule has 2 amide bonds. The Morgan fingerprint density at radius 2 is 1.70 bits per heavy atom. The van der Waals surface area contributed by atoms with Crippen molar-refractivity contribution >= 4 is 29.1 Å². The Balaban J connectivity index is 1.90. The summed E-state index contributed by atoms with van der Waals surface area (Å²) >= 11 is 6.19. The molecule has 0 saturated heterocycles. The van der Waals surface area contributed by atoms with Gasteiger partial charge >= 0.3 is 0 Å². The highest BCUT2D eigenvalue weighted by atomic mass is 35.5. The van der Waals surface area contributed by atoms with Gasteiger partial charge in [0.2, 0.25) is 0 Å². The summed E-state index contributed by atoms with van der Waals surface area (Å²) in [5.41, 5.74) is 1.33. The molecule has 27 heavy (non-hydrogen) atoms. The number of halogens is 1. The van der Waals surface area contributed by atoms with Gasteiger partial charge in [0.05, 0.1) is 19.9 Å². The third kappa shape index (κ3) is 3.48. The number of ether oxygens (including phenoxy) is 2. The van der Waals surface area contributed by atoms with Crippen LogP contribution in [-0.4, -0.2) is 26.0 Å². The number of carbonyl (C=O) groups is 2. The largest absolute Gasteiger partial charge is 0.497 e. The number of amides is 2. The van der Waals surface area contributed by atoms with Gasteiger partial charge in [-0.2, -0.15) is 0 Å². The summed E-state index contributed by atoms with van der Waals surface area (Å²) in [6.45, 7) is 1.89. The summed E-state index contributed by atoms with van der Waals surface area (Å²) in [5, 5.41) is 2.90. The van der Waals surface area contributed by atoms with Gasteiger partial charge in [-0.3, -0.25) is 9.59 Å². The lowest BCUT2D eigenvalue weighted by atomic mass is 10.1. The molecule has 0 aliphatic carbocycles. The van der Waals surface area contributed by atoms with E-state index in [1.807, 2.05) is 37.3 Å². The minimum absolute atomic E-state index is 0.0656. The molecular formula is C20H19ClN2O4. The molecule has 0 aromatic heterocycles. The van der Waals surface area contributed by atoms with Gasteiger partial charge in [-0.25, -0.2) is 4.90 Å². The van der Waals surface area contributed by atoms with Crippen molar-refractivity contribution in [2.45, 2.75) is 13.0 Å². The number of benzene rings is 2. The molecule has 1 unspecified atom stereocenters. The van der Waals surface area contributed by atoms with Gasteiger partial charge in [0.1, 0.15) is 22.2 Å². The van der Waals surface area contributed by atoms with Crippen LogP contribution in [0, 0.1) is 0 Å². The van der Waals surface area contributed by atoms with E-state index >= 15 is 0 Å². The summed E-state index contributed by atoms with van der Waals surface area (Å²) in [6.07, 6.45) is 0. The van der Waals surface area contributed by atoms with Gasteiger partial charge in [-0.15, -0.1) is 0 Å². The minimum atomic E-state index is -0.604. The molecule has 1 aliphatic rings. The summed E-state index contributed by atoms with van der Waals surface area (Å²) in [6, 6.07) is 14.2. The van der Waals surface area contributed by atoms with Crippen molar-refractivity contribution < 1.29 is 19.1 Å². The highest BCUT2D eigenvalue weighted by Crippen LogP contribution is 2.37. The van der Waals surface area contributed by atoms with Crippen LogP contribution in [0.5, 0.6) is 11.5 Å². The topological polar surface area (TPSA) is 67.9 Å². The zero-order chi connectivity index (χ0) is 19.6. The van der Waals surface area contributed by atoms with Gasteiger partial charge in [0.25, 0.3) is 11.8 Å². The number of hydrogen-bond donors (Lipinski definition) is 1. The van der Waals surface area contributed by atoms with Gasteiger partial charge in [-0.05, 0) is 24.6 Å². The van der Waals surface area contributed by atoms with E-state index in [4.69, 9.17) is 21.1 Å². The van der Waals surface area contributed by atoms with E-state index in [1.165, 1.54) is 14.2 Å². The molecule has 6 nitrogen and oxygen atoms in total. The monoisotopic (exact) mass is 386 g/mol. The molecule has 1 N–H and O–H groups in total. The zero-order valence-electron chi connectivity index (χ0n) is 15.2. The first-order valence-corrected chi connectivity index (χ1v) is 8.67. The van der Waals surface area contributed by atoms with Crippen molar-refractivity contribution in [3.05, 3.63) is 64.8 Å². The number of nitrogens with one attached hydrogen (secondary N) is 1. The highest BCUT2D eigenvalue weighted by Gasteiger charge is 2.40. The number of anilines is 1. The maximum absolute atomic E-state index is 12.9. The Hall–Kier alpha value is -2.99. The molecule has 1 atom stereocenters. The Labute approximate surface area is 162 Å². The molecule has 0 fully saturated rings.